The van der Waals surface area contributed by atoms with Gasteiger partial charge in [0.2, 0.25) is 5.91 Å². The van der Waals surface area contributed by atoms with Crippen LogP contribution in [0.3, 0.4) is 0 Å². The second-order valence-electron chi connectivity index (χ2n) is 8.87. The van der Waals surface area contributed by atoms with E-state index in [0.29, 0.717) is 18.3 Å². The fourth-order valence-electron chi connectivity index (χ4n) is 6.81. The molecule has 4 rings (SSSR count). The number of carbonyl (C=O) groups is 1. The zero-order chi connectivity index (χ0) is 15.7. The Morgan fingerprint density at radius 2 is 1.86 bits per heavy atom. The second-order valence-corrected chi connectivity index (χ2v) is 8.87. The number of nitrogens with one attached hydrogen (secondary N) is 1. The molecule has 1 aliphatic heterocycles. The van der Waals surface area contributed by atoms with Gasteiger partial charge in [-0.3, -0.25) is 4.79 Å². The third kappa shape index (κ3) is 1.80. The summed E-state index contributed by atoms with van der Waals surface area (Å²) in [7, 11) is 0. The zero-order valence-electron chi connectivity index (χ0n) is 13.7. The molecule has 3 aliphatic carbocycles. The average molecular weight is 307 g/mol. The normalized spacial score (nSPS) is 57.5. The van der Waals surface area contributed by atoms with Crippen molar-refractivity contribution in [1.29, 1.82) is 0 Å². The van der Waals surface area contributed by atoms with Crippen molar-refractivity contribution in [2.24, 2.45) is 28.6 Å². The van der Waals surface area contributed by atoms with E-state index in [-0.39, 0.29) is 40.9 Å². The molecule has 3 saturated carbocycles. The molecule has 4 aliphatic rings. The first-order valence-electron chi connectivity index (χ1n) is 9.02. The van der Waals surface area contributed by atoms with Crippen molar-refractivity contribution in [2.75, 3.05) is 0 Å². The number of aliphatic hydroxyl groups excluding tert-OH is 2. The molecule has 1 heterocycles. The predicted molar refractivity (Wildman–Crippen MR) is 82.9 cm³/mol. The fraction of sp³-hybridized carbons (Fsp3) is 0.944. The first-order valence-corrected chi connectivity index (χ1v) is 9.02. The standard InChI is InChI=1S/C18H29NO3/c1-17-8-7-15(22)19-13(17)5-3-10-11-4-6-14(21)18(11,2)9-12(20)16(10)17/h10-14,16,20-21H,3-9H2,1-2H3,(H,19,22). The van der Waals surface area contributed by atoms with E-state index in [1.165, 1.54) is 0 Å². The Balaban J connectivity index is 1.69. The number of hydrogen-bond donors (Lipinski definition) is 3. The summed E-state index contributed by atoms with van der Waals surface area (Å²) in [6.07, 6.45) is 5.68. The van der Waals surface area contributed by atoms with Crippen molar-refractivity contribution in [3.05, 3.63) is 0 Å². The summed E-state index contributed by atoms with van der Waals surface area (Å²) in [5, 5.41) is 24.6. The molecule has 0 aromatic rings. The van der Waals surface area contributed by atoms with Crippen molar-refractivity contribution in [3.63, 3.8) is 0 Å². The van der Waals surface area contributed by atoms with E-state index in [0.717, 1.165) is 38.5 Å². The van der Waals surface area contributed by atoms with Crippen LogP contribution in [-0.4, -0.2) is 34.4 Å². The van der Waals surface area contributed by atoms with Crippen molar-refractivity contribution >= 4 is 5.91 Å². The summed E-state index contributed by atoms with van der Waals surface area (Å²) in [4.78, 5) is 11.8. The average Bonchev–Trinajstić information content (AvgIpc) is 2.75. The van der Waals surface area contributed by atoms with Crippen LogP contribution in [0.25, 0.3) is 0 Å². The van der Waals surface area contributed by atoms with Gasteiger partial charge in [0.1, 0.15) is 0 Å². The maximum Gasteiger partial charge on any atom is 0.220 e. The van der Waals surface area contributed by atoms with Gasteiger partial charge in [-0.25, -0.2) is 0 Å². The lowest BCUT2D eigenvalue weighted by molar-refractivity contribution is -0.169. The predicted octanol–water partition coefficient (Wildman–Crippen LogP) is 1.84. The summed E-state index contributed by atoms with van der Waals surface area (Å²) in [5.41, 5.74) is -0.0905. The number of amides is 1. The van der Waals surface area contributed by atoms with Gasteiger partial charge in [0.15, 0.2) is 0 Å². The molecule has 22 heavy (non-hydrogen) atoms. The second kappa shape index (κ2) is 4.70. The van der Waals surface area contributed by atoms with Crippen LogP contribution in [0.4, 0.5) is 0 Å². The molecule has 0 spiro atoms. The lowest BCUT2D eigenvalue weighted by Gasteiger charge is -2.61. The summed E-state index contributed by atoms with van der Waals surface area (Å²) in [5.74, 6) is 1.48. The highest BCUT2D eigenvalue weighted by atomic mass is 16.3. The van der Waals surface area contributed by atoms with Crippen LogP contribution in [0.2, 0.25) is 0 Å². The van der Waals surface area contributed by atoms with Gasteiger partial charge in [-0.1, -0.05) is 13.8 Å². The van der Waals surface area contributed by atoms with Gasteiger partial charge in [0, 0.05) is 12.5 Å². The molecular formula is C18H29NO3. The smallest absolute Gasteiger partial charge is 0.220 e. The van der Waals surface area contributed by atoms with Crippen molar-refractivity contribution in [1.82, 2.24) is 5.32 Å². The lowest BCUT2D eigenvalue weighted by Crippen LogP contribution is -2.64. The highest BCUT2D eigenvalue weighted by Gasteiger charge is 2.63. The highest BCUT2D eigenvalue weighted by molar-refractivity contribution is 5.77. The number of fused-ring (bicyclic) bond motifs is 5. The molecular weight excluding hydrogens is 278 g/mol. The Morgan fingerprint density at radius 1 is 1.09 bits per heavy atom. The molecule has 4 heteroatoms. The first-order chi connectivity index (χ1) is 10.4. The summed E-state index contributed by atoms with van der Waals surface area (Å²) < 4.78 is 0. The minimum atomic E-state index is -0.346. The van der Waals surface area contributed by atoms with Crippen molar-refractivity contribution in [2.45, 2.75) is 77.0 Å². The fourth-order valence-corrected chi connectivity index (χ4v) is 6.81. The summed E-state index contributed by atoms with van der Waals surface area (Å²) in [6, 6.07) is 0.223. The maximum atomic E-state index is 11.8. The third-order valence-electron chi connectivity index (χ3n) is 7.97. The minimum Gasteiger partial charge on any atom is -0.393 e. The van der Waals surface area contributed by atoms with E-state index < -0.39 is 0 Å². The Kier molecular flexibility index (Phi) is 3.19. The van der Waals surface area contributed by atoms with E-state index in [2.05, 4.69) is 19.2 Å². The number of aliphatic hydroxyl groups is 2. The van der Waals surface area contributed by atoms with E-state index in [1.807, 2.05) is 0 Å². The number of piperidine rings is 1. The zero-order valence-corrected chi connectivity index (χ0v) is 13.7. The van der Waals surface area contributed by atoms with Crippen LogP contribution in [0.5, 0.6) is 0 Å². The molecule has 4 fully saturated rings. The van der Waals surface area contributed by atoms with Gasteiger partial charge in [-0.05, 0) is 67.1 Å². The molecule has 0 aromatic heterocycles. The molecule has 0 radical (unpaired) electrons. The topological polar surface area (TPSA) is 69.6 Å². The van der Waals surface area contributed by atoms with Gasteiger partial charge in [0.05, 0.1) is 12.2 Å². The molecule has 1 saturated heterocycles. The van der Waals surface area contributed by atoms with Crippen LogP contribution in [0.1, 0.15) is 58.8 Å². The van der Waals surface area contributed by atoms with Gasteiger partial charge in [-0.15, -0.1) is 0 Å². The number of hydrogen-bond acceptors (Lipinski definition) is 3. The Morgan fingerprint density at radius 3 is 2.64 bits per heavy atom. The first kappa shape index (κ1) is 14.9. The van der Waals surface area contributed by atoms with Crippen molar-refractivity contribution < 1.29 is 15.0 Å². The molecule has 0 bridgehead atoms. The van der Waals surface area contributed by atoms with E-state index in [4.69, 9.17) is 0 Å². The molecule has 3 N–H and O–H groups in total. The molecule has 8 unspecified atom stereocenters. The SMILES string of the molecule is CC12CC(O)C3C(CCC4NC(=O)CCC43C)C1CCC2O. The Labute approximate surface area is 132 Å². The quantitative estimate of drug-likeness (QED) is 0.639. The largest absolute Gasteiger partial charge is 0.393 e. The van der Waals surface area contributed by atoms with E-state index >= 15 is 0 Å². The Bertz CT molecular complexity index is 495. The minimum absolute atomic E-state index is 0.0190. The molecule has 124 valence electrons. The summed E-state index contributed by atoms with van der Waals surface area (Å²) >= 11 is 0. The monoisotopic (exact) mass is 307 g/mol. The van der Waals surface area contributed by atoms with Crippen LogP contribution in [-0.2, 0) is 4.79 Å². The van der Waals surface area contributed by atoms with E-state index in [9.17, 15) is 15.0 Å². The maximum absolute atomic E-state index is 11.8. The highest BCUT2D eigenvalue weighted by Crippen LogP contribution is 2.63. The molecule has 8 atom stereocenters. The molecule has 0 aromatic carbocycles. The van der Waals surface area contributed by atoms with Crippen LogP contribution in [0.15, 0.2) is 0 Å². The van der Waals surface area contributed by atoms with Crippen LogP contribution < -0.4 is 5.32 Å². The van der Waals surface area contributed by atoms with Crippen LogP contribution >= 0.6 is 0 Å². The lowest BCUT2D eigenvalue weighted by atomic mass is 9.46. The van der Waals surface area contributed by atoms with Gasteiger partial charge >= 0.3 is 0 Å². The third-order valence-corrected chi connectivity index (χ3v) is 7.97. The Hall–Kier alpha value is -0.610. The van der Waals surface area contributed by atoms with E-state index in [1.54, 1.807) is 0 Å². The van der Waals surface area contributed by atoms with Gasteiger partial charge < -0.3 is 15.5 Å². The molecule has 1 amide bonds. The summed E-state index contributed by atoms with van der Waals surface area (Å²) in [6.45, 7) is 4.47. The van der Waals surface area contributed by atoms with Crippen LogP contribution in [0, 0.1) is 28.6 Å². The van der Waals surface area contributed by atoms with Gasteiger partial charge in [-0.2, -0.15) is 0 Å². The van der Waals surface area contributed by atoms with Gasteiger partial charge in [0.25, 0.3) is 0 Å². The van der Waals surface area contributed by atoms with Crippen molar-refractivity contribution in [3.8, 4) is 0 Å². The number of rotatable bonds is 0. The number of carbonyl (C=O) groups excluding carboxylic acids is 1. The molecule has 4 nitrogen and oxygen atoms in total.